The molecular weight excluding hydrogens is 242 g/mol. The Kier molecular flexibility index (Phi) is 5.36. The molecule has 2 N–H and O–H groups in total. The Morgan fingerprint density at radius 1 is 1.16 bits per heavy atom. The van der Waals surface area contributed by atoms with Gasteiger partial charge in [-0.2, -0.15) is 0 Å². The van der Waals surface area contributed by atoms with E-state index in [-0.39, 0.29) is 18.4 Å². The highest BCUT2D eigenvalue weighted by Gasteiger charge is 2.13. The first-order valence-electron chi connectivity index (χ1n) is 6.18. The monoisotopic (exact) mass is 263 g/mol. The number of rotatable bonds is 5. The summed E-state index contributed by atoms with van der Waals surface area (Å²) in [6, 6.07) is 7.48. The fraction of sp³-hybridized carbons (Fsp3) is 0.429. The summed E-state index contributed by atoms with van der Waals surface area (Å²) in [5.41, 5.74) is 7.40. The van der Waals surface area contributed by atoms with E-state index in [9.17, 15) is 9.59 Å². The van der Waals surface area contributed by atoms with Crippen molar-refractivity contribution >= 4 is 17.5 Å². The number of hydrogen-bond acceptors (Lipinski definition) is 3. The molecule has 0 aliphatic carbocycles. The van der Waals surface area contributed by atoms with Gasteiger partial charge in [-0.05, 0) is 24.1 Å². The largest absolute Gasteiger partial charge is 0.399 e. The van der Waals surface area contributed by atoms with Gasteiger partial charge in [0.05, 0.1) is 6.54 Å². The molecule has 5 heteroatoms. The van der Waals surface area contributed by atoms with Crippen molar-refractivity contribution in [3.05, 3.63) is 29.8 Å². The van der Waals surface area contributed by atoms with Crippen molar-refractivity contribution in [2.24, 2.45) is 0 Å². The molecule has 1 aromatic rings. The molecule has 0 saturated heterocycles. The molecule has 2 amide bonds. The molecule has 0 bridgehead atoms. The second-order valence-corrected chi connectivity index (χ2v) is 4.78. The summed E-state index contributed by atoms with van der Waals surface area (Å²) in [4.78, 5) is 26.3. The van der Waals surface area contributed by atoms with E-state index >= 15 is 0 Å². The third-order valence-corrected chi connectivity index (χ3v) is 2.88. The smallest absolute Gasteiger partial charge is 0.241 e. The van der Waals surface area contributed by atoms with Gasteiger partial charge in [0, 0.05) is 33.3 Å². The Hall–Kier alpha value is -2.04. The molecule has 0 atom stereocenters. The van der Waals surface area contributed by atoms with Crippen molar-refractivity contribution in [2.45, 2.75) is 12.8 Å². The van der Waals surface area contributed by atoms with Gasteiger partial charge in [0.2, 0.25) is 11.8 Å². The number of amides is 2. The number of hydrogen-bond donors (Lipinski definition) is 1. The maximum atomic E-state index is 11.9. The van der Waals surface area contributed by atoms with Crippen LogP contribution < -0.4 is 5.73 Å². The van der Waals surface area contributed by atoms with Crippen molar-refractivity contribution < 1.29 is 9.59 Å². The summed E-state index contributed by atoms with van der Waals surface area (Å²) < 4.78 is 0. The molecular formula is C14H21N3O2. The summed E-state index contributed by atoms with van der Waals surface area (Å²) >= 11 is 0. The number of likely N-dealkylation sites (N-methyl/N-ethyl adjacent to an activating group) is 2. The van der Waals surface area contributed by atoms with Crippen LogP contribution in [0.15, 0.2) is 24.3 Å². The molecule has 0 radical (unpaired) electrons. The molecule has 19 heavy (non-hydrogen) atoms. The van der Waals surface area contributed by atoms with E-state index in [1.165, 1.54) is 9.80 Å². The molecule has 0 fully saturated rings. The minimum atomic E-state index is -0.0835. The van der Waals surface area contributed by atoms with Gasteiger partial charge in [0.1, 0.15) is 0 Å². The topological polar surface area (TPSA) is 66.6 Å². The Morgan fingerprint density at radius 3 is 2.42 bits per heavy atom. The Labute approximate surface area is 114 Å². The fourth-order valence-electron chi connectivity index (χ4n) is 1.62. The molecule has 0 saturated carbocycles. The molecule has 1 aromatic carbocycles. The first-order valence-corrected chi connectivity index (χ1v) is 6.18. The Morgan fingerprint density at radius 2 is 1.84 bits per heavy atom. The lowest BCUT2D eigenvalue weighted by Gasteiger charge is -2.19. The van der Waals surface area contributed by atoms with Crippen LogP contribution in [0, 0.1) is 0 Å². The predicted octanol–water partition coefficient (Wildman–Crippen LogP) is 0.748. The van der Waals surface area contributed by atoms with Crippen molar-refractivity contribution in [1.82, 2.24) is 9.80 Å². The molecule has 5 nitrogen and oxygen atoms in total. The van der Waals surface area contributed by atoms with E-state index in [1.54, 1.807) is 21.1 Å². The highest BCUT2D eigenvalue weighted by atomic mass is 16.2. The number of anilines is 1. The standard InChI is InChI=1S/C14H21N3O2/c1-16(2)14(19)10-17(3)13(18)8-7-11-5-4-6-12(15)9-11/h4-6,9H,7-8,10,15H2,1-3H3. The van der Waals surface area contributed by atoms with Crippen LogP contribution in [0.1, 0.15) is 12.0 Å². The van der Waals surface area contributed by atoms with E-state index in [1.807, 2.05) is 24.3 Å². The number of carbonyl (C=O) groups excluding carboxylic acids is 2. The minimum Gasteiger partial charge on any atom is -0.399 e. The van der Waals surface area contributed by atoms with Gasteiger partial charge >= 0.3 is 0 Å². The lowest BCUT2D eigenvalue weighted by molar-refractivity contribution is -0.137. The van der Waals surface area contributed by atoms with E-state index in [4.69, 9.17) is 5.73 Å². The molecule has 0 heterocycles. The second-order valence-electron chi connectivity index (χ2n) is 4.78. The summed E-state index contributed by atoms with van der Waals surface area (Å²) in [5, 5.41) is 0. The molecule has 0 aliphatic rings. The summed E-state index contributed by atoms with van der Waals surface area (Å²) in [6.07, 6.45) is 1.00. The van der Waals surface area contributed by atoms with Gasteiger partial charge in [-0.15, -0.1) is 0 Å². The predicted molar refractivity (Wildman–Crippen MR) is 75.5 cm³/mol. The average molecular weight is 263 g/mol. The van der Waals surface area contributed by atoms with Crippen LogP contribution in [-0.4, -0.2) is 49.3 Å². The van der Waals surface area contributed by atoms with Gasteiger partial charge < -0.3 is 15.5 Å². The first kappa shape index (κ1) is 15.0. The van der Waals surface area contributed by atoms with Gasteiger partial charge in [-0.3, -0.25) is 9.59 Å². The molecule has 104 valence electrons. The third-order valence-electron chi connectivity index (χ3n) is 2.88. The Balaban J connectivity index is 2.45. The molecule has 0 unspecified atom stereocenters. The average Bonchev–Trinajstić information content (AvgIpc) is 2.35. The lowest BCUT2D eigenvalue weighted by atomic mass is 10.1. The van der Waals surface area contributed by atoms with Gasteiger partial charge in [-0.25, -0.2) is 0 Å². The molecule has 0 aliphatic heterocycles. The number of benzene rings is 1. The maximum absolute atomic E-state index is 11.9. The normalized spacial score (nSPS) is 10.1. The number of nitrogen functional groups attached to an aromatic ring is 1. The van der Waals surface area contributed by atoms with Gasteiger partial charge in [-0.1, -0.05) is 12.1 Å². The lowest BCUT2D eigenvalue weighted by Crippen LogP contribution is -2.37. The van der Waals surface area contributed by atoms with Crippen molar-refractivity contribution in [2.75, 3.05) is 33.4 Å². The minimum absolute atomic E-state index is 0.0439. The zero-order valence-corrected chi connectivity index (χ0v) is 11.7. The number of carbonyl (C=O) groups is 2. The number of aryl methyl sites for hydroxylation is 1. The van der Waals surface area contributed by atoms with Gasteiger partial charge in [0.25, 0.3) is 0 Å². The first-order chi connectivity index (χ1) is 8.90. The zero-order chi connectivity index (χ0) is 14.4. The summed E-state index contributed by atoms with van der Waals surface area (Å²) in [5.74, 6) is -0.127. The van der Waals surface area contributed by atoms with Crippen molar-refractivity contribution in [3.8, 4) is 0 Å². The fourth-order valence-corrected chi connectivity index (χ4v) is 1.62. The van der Waals surface area contributed by atoms with E-state index < -0.39 is 0 Å². The molecule has 0 spiro atoms. The van der Waals surface area contributed by atoms with E-state index in [0.29, 0.717) is 18.5 Å². The maximum Gasteiger partial charge on any atom is 0.241 e. The second kappa shape index (κ2) is 6.78. The van der Waals surface area contributed by atoms with Crippen LogP contribution in [0.4, 0.5) is 5.69 Å². The summed E-state index contributed by atoms with van der Waals surface area (Å²) in [6.45, 7) is 0.114. The van der Waals surface area contributed by atoms with E-state index in [2.05, 4.69) is 0 Å². The van der Waals surface area contributed by atoms with Crippen LogP contribution in [0.25, 0.3) is 0 Å². The highest BCUT2D eigenvalue weighted by Crippen LogP contribution is 2.09. The van der Waals surface area contributed by atoms with Crippen molar-refractivity contribution in [3.63, 3.8) is 0 Å². The molecule has 1 rings (SSSR count). The van der Waals surface area contributed by atoms with Gasteiger partial charge in [0.15, 0.2) is 0 Å². The van der Waals surface area contributed by atoms with Crippen LogP contribution >= 0.6 is 0 Å². The third kappa shape index (κ3) is 4.99. The van der Waals surface area contributed by atoms with Crippen LogP contribution in [0.3, 0.4) is 0 Å². The number of nitrogens with two attached hydrogens (primary N) is 1. The highest BCUT2D eigenvalue weighted by molar-refractivity contribution is 5.84. The summed E-state index contributed by atoms with van der Waals surface area (Å²) in [7, 11) is 4.99. The zero-order valence-electron chi connectivity index (χ0n) is 11.7. The quantitative estimate of drug-likeness (QED) is 0.797. The number of nitrogens with zero attached hydrogens (tertiary/aromatic N) is 2. The van der Waals surface area contributed by atoms with Crippen LogP contribution in [0.5, 0.6) is 0 Å². The van der Waals surface area contributed by atoms with Crippen LogP contribution in [-0.2, 0) is 16.0 Å². The molecule has 0 aromatic heterocycles. The van der Waals surface area contributed by atoms with Crippen molar-refractivity contribution in [1.29, 1.82) is 0 Å². The SMILES string of the molecule is CN(C)C(=O)CN(C)C(=O)CCc1cccc(N)c1. The Bertz CT molecular complexity index is 458. The van der Waals surface area contributed by atoms with E-state index in [0.717, 1.165) is 5.56 Å². The van der Waals surface area contributed by atoms with Crippen LogP contribution in [0.2, 0.25) is 0 Å².